The van der Waals surface area contributed by atoms with Crippen molar-refractivity contribution in [1.82, 2.24) is 4.72 Å². The van der Waals surface area contributed by atoms with E-state index in [1.807, 2.05) is 0 Å². The lowest BCUT2D eigenvalue weighted by atomic mass is 10.1. The molecule has 1 heterocycles. The van der Waals surface area contributed by atoms with Crippen LogP contribution in [-0.4, -0.2) is 20.3 Å². The van der Waals surface area contributed by atoms with Gasteiger partial charge in [-0.05, 0) is 49.2 Å². The van der Waals surface area contributed by atoms with E-state index >= 15 is 0 Å². The smallest absolute Gasteiger partial charge is 0.241 e. The van der Waals surface area contributed by atoms with E-state index in [1.54, 1.807) is 44.2 Å². The van der Waals surface area contributed by atoms with Crippen LogP contribution >= 0.6 is 0 Å². The summed E-state index contributed by atoms with van der Waals surface area (Å²) in [7, 11) is -3.67. The van der Waals surface area contributed by atoms with Crippen molar-refractivity contribution in [3.8, 4) is 11.5 Å². The van der Waals surface area contributed by atoms with Crippen LogP contribution in [0.1, 0.15) is 37.1 Å². The number of fused-ring (bicyclic) bond motifs is 1. The van der Waals surface area contributed by atoms with Crippen molar-refractivity contribution >= 4 is 10.0 Å². The first kappa shape index (κ1) is 16.8. The van der Waals surface area contributed by atoms with Crippen LogP contribution in [-0.2, 0) is 10.0 Å². The number of hydrogen-bond acceptors (Lipinski definition) is 5. The monoisotopic (exact) mass is 349 g/mol. The maximum Gasteiger partial charge on any atom is 0.241 e. The highest BCUT2D eigenvalue weighted by atomic mass is 32.2. The molecule has 7 heteroatoms. The molecule has 0 aromatic heterocycles. The molecule has 2 aromatic carbocycles. The summed E-state index contributed by atoms with van der Waals surface area (Å²) in [6.45, 7) is 3.57. The Balaban J connectivity index is 1.78. The fourth-order valence-corrected chi connectivity index (χ4v) is 3.71. The van der Waals surface area contributed by atoms with Crippen LogP contribution in [0.3, 0.4) is 0 Å². The summed E-state index contributed by atoms with van der Waals surface area (Å²) in [4.78, 5) is 0.152. The van der Waals surface area contributed by atoms with Crippen molar-refractivity contribution in [2.24, 2.45) is 0 Å². The molecular weight excluding hydrogens is 330 g/mol. The van der Waals surface area contributed by atoms with Crippen LogP contribution in [0, 0.1) is 0 Å². The van der Waals surface area contributed by atoms with Crippen LogP contribution in [0.15, 0.2) is 47.4 Å². The molecule has 2 aromatic rings. The Morgan fingerprint density at radius 1 is 1.00 bits per heavy atom. The number of hydrogen-bond donors (Lipinski definition) is 2. The molecule has 128 valence electrons. The molecule has 0 amide bonds. The van der Waals surface area contributed by atoms with E-state index in [2.05, 4.69) is 4.72 Å². The third-order valence-electron chi connectivity index (χ3n) is 3.90. The average Bonchev–Trinajstić information content (AvgIpc) is 3.02. The summed E-state index contributed by atoms with van der Waals surface area (Å²) >= 11 is 0. The van der Waals surface area contributed by atoms with Gasteiger partial charge in [0.1, 0.15) is 0 Å². The lowest BCUT2D eigenvalue weighted by Crippen LogP contribution is -2.26. The first-order chi connectivity index (χ1) is 11.4. The number of ether oxygens (including phenoxy) is 2. The van der Waals surface area contributed by atoms with E-state index in [0.29, 0.717) is 17.1 Å². The van der Waals surface area contributed by atoms with Crippen molar-refractivity contribution in [3.05, 3.63) is 53.6 Å². The van der Waals surface area contributed by atoms with Gasteiger partial charge in [-0.15, -0.1) is 0 Å². The van der Waals surface area contributed by atoms with Crippen LogP contribution < -0.4 is 14.2 Å². The standard InChI is InChI=1S/C17H19NO5S/c1-11(14-5-8-16-17(9-14)23-10-22-16)18-24(20,21)15-6-3-13(4-7-15)12(2)19/h3-9,11-12,18-19H,10H2,1-2H3. The first-order valence-electron chi connectivity index (χ1n) is 7.57. The molecule has 24 heavy (non-hydrogen) atoms. The zero-order valence-electron chi connectivity index (χ0n) is 13.4. The molecule has 0 aliphatic carbocycles. The van der Waals surface area contributed by atoms with Gasteiger partial charge in [0.05, 0.1) is 11.0 Å². The highest BCUT2D eigenvalue weighted by Gasteiger charge is 2.21. The van der Waals surface area contributed by atoms with Crippen LogP contribution in [0.2, 0.25) is 0 Å². The maximum absolute atomic E-state index is 12.5. The number of aliphatic hydroxyl groups excluding tert-OH is 1. The van der Waals surface area contributed by atoms with Crippen molar-refractivity contribution in [1.29, 1.82) is 0 Å². The molecule has 0 bridgehead atoms. The molecule has 1 aliphatic heterocycles. The van der Waals surface area contributed by atoms with Gasteiger partial charge in [0.25, 0.3) is 0 Å². The molecule has 0 spiro atoms. The summed E-state index contributed by atoms with van der Waals surface area (Å²) < 4.78 is 38.2. The zero-order valence-corrected chi connectivity index (χ0v) is 14.2. The normalized spacial score (nSPS) is 16.0. The molecule has 0 radical (unpaired) electrons. The number of rotatable bonds is 5. The SMILES string of the molecule is CC(O)c1ccc(S(=O)(=O)NC(C)c2ccc3c(c2)OCO3)cc1. The molecule has 0 saturated carbocycles. The Hall–Kier alpha value is -2.09. The Morgan fingerprint density at radius 2 is 1.62 bits per heavy atom. The minimum Gasteiger partial charge on any atom is -0.454 e. The van der Waals surface area contributed by atoms with E-state index in [0.717, 1.165) is 5.56 Å². The summed E-state index contributed by atoms with van der Waals surface area (Å²) in [5, 5.41) is 9.50. The Morgan fingerprint density at radius 3 is 2.29 bits per heavy atom. The molecular formula is C17H19NO5S. The lowest BCUT2D eigenvalue weighted by molar-refractivity contribution is 0.174. The van der Waals surface area contributed by atoms with Crippen LogP contribution in [0.25, 0.3) is 0 Å². The van der Waals surface area contributed by atoms with Gasteiger partial charge in [-0.2, -0.15) is 0 Å². The van der Waals surface area contributed by atoms with Gasteiger partial charge in [-0.25, -0.2) is 13.1 Å². The predicted molar refractivity (Wildman–Crippen MR) is 88.4 cm³/mol. The fraction of sp³-hybridized carbons (Fsp3) is 0.294. The quantitative estimate of drug-likeness (QED) is 0.866. The second-order valence-corrected chi connectivity index (χ2v) is 7.41. The second kappa shape index (κ2) is 6.43. The highest BCUT2D eigenvalue weighted by molar-refractivity contribution is 7.89. The highest BCUT2D eigenvalue weighted by Crippen LogP contribution is 2.34. The molecule has 0 saturated heterocycles. The van der Waals surface area contributed by atoms with E-state index in [9.17, 15) is 13.5 Å². The number of nitrogens with one attached hydrogen (secondary N) is 1. The Kier molecular flexibility index (Phi) is 4.49. The van der Waals surface area contributed by atoms with Crippen LogP contribution in [0.5, 0.6) is 11.5 Å². The van der Waals surface area contributed by atoms with Gasteiger partial charge in [0.15, 0.2) is 11.5 Å². The molecule has 3 rings (SSSR count). The molecule has 2 unspecified atom stereocenters. The van der Waals surface area contributed by atoms with Gasteiger partial charge in [0.2, 0.25) is 16.8 Å². The summed E-state index contributed by atoms with van der Waals surface area (Å²) in [6, 6.07) is 11.1. The van der Waals surface area contributed by atoms with Gasteiger partial charge in [-0.1, -0.05) is 18.2 Å². The largest absolute Gasteiger partial charge is 0.454 e. The fourth-order valence-electron chi connectivity index (χ4n) is 2.48. The maximum atomic E-state index is 12.5. The van der Waals surface area contributed by atoms with Crippen molar-refractivity contribution in [2.75, 3.05) is 6.79 Å². The van der Waals surface area contributed by atoms with Crippen molar-refractivity contribution in [2.45, 2.75) is 30.9 Å². The number of benzene rings is 2. The van der Waals surface area contributed by atoms with Crippen molar-refractivity contribution < 1.29 is 23.0 Å². The third kappa shape index (κ3) is 3.38. The molecule has 1 aliphatic rings. The Labute approximate surface area is 141 Å². The summed E-state index contributed by atoms with van der Waals surface area (Å²) in [5.41, 5.74) is 1.45. The summed E-state index contributed by atoms with van der Waals surface area (Å²) in [6.07, 6.45) is -0.637. The van der Waals surface area contributed by atoms with Crippen LogP contribution in [0.4, 0.5) is 0 Å². The van der Waals surface area contributed by atoms with E-state index in [4.69, 9.17) is 9.47 Å². The van der Waals surface area contributed by atoms with E-state index < -0.39 is 22.2 Å². The minimum absolute atomic E-state index is 0.152. The lowest BCUT2D eigenvalue weighted by Gasteiger charge is -2.15. The first-order valence-corrected chi connectivity index (χ1v) is 9.05. The van der Waals surface area contributed by atoms with Gasteiger partial charge in [0, 0.05) is 6.04 Å². The molecule has 6 nitrogen and oxygen atoms in total. The average molecular weight is 349 g/mol. The van der Waals surface area contributed by atoms with Crippen molar-refractivity contribution in [3.63, 3.8) is 0 Å². The zero-order chi connectivity index (χ0) is 17.3. The minimum atomic E-state index is -3.67. The number of sulfonamides is 1. The summed E-state index contributed by atoms with van der Waals surface area (Å²) in [5.74, 6) is 1.27. The number of aliphatic hydroxyl groups is 1. The van der Waals surface area contributed by atoms with E-state index in [1.165, 1.54) is 12.1 Å². The predicted octanol–water partition coefficient (Wildman–Crippen LogP) is 2.51. The van der Waals surface area contributed by atoms with Gasteiger partial charge >= 0.3 is 0 Å². The van der Waals surface area contributed by atoms with Gasteiger partial charge in [-0.3, -0.25) is 0 Å². The molecule has 2 N–H and O–H groups in total. The Bertz CT molecular complexity index is 831. The van der Waals surface area contributed by atoms with Gasteiger partial charge < -0.3 is 14.6 Å². The molecule has 0 fully saturated rings. The topological polar surface area (TPSA) is 84.9 Å². The van der Waals surface area contributed by atoms with E-state index in [-0.39, 0.29) is 11.7 Å². The molecule has 2 atom stereocenters. The third-order valence-corrected chi connectivity index (χ3v) is 5.46. The second-order valence-electron chi connectivity index (χ2n) is 5.70.